The number of ether oxygens (including phenoxy) is 3. The summed E-state index contributed by atoms with van der Waals surface area (Å²) in [5, 5.41) is 0. The molecule has 6 nitrogen and oxygen atoms in total. The highest BCUT2D eigenvalue weighted by Gasteiger charge is 2.19. The Labute approximate surface area is 513 Å². The van der Waals surface area contributed by atoms with Crippen molar-refractivity contribution in [2.75, 3.05) is 13.2 Å². The molecule has 0 heterocycles. The van der Waals surface area contributed by atoms with Crippen molar-refractivity contribution in [3.63, 3.8) is 0 Å². The zero-order valence-corrected chi connectivity index (χ0v) is 54.4. The molecule has 0 aromatic rings. The number of rotatable bonds is 63. The van der Waals surface area contributed by atoms with E-state index >= 15 is 0 Å². The van der Waals surface area contributed by atoms with Crippen molar-refractivity contribution in [2.45, 2.75) is 335 Å². The molecule has 0 N–H and O–H groups in total. The number of carbonyl (C=O) groups excluding carboxylic acids is 3. The second-order valence-electron chi connectivity index (χ2n) is 23.1. The molecule has 83 heavy (non-hydrogen) atoms. The van der Waals surface area contributed by atoms with Crippen LogP contribution in [0.2, 0.25) is 0 Å². The van der Waals surface area contributed by atoms with Crippen LogP contribution in [0.5, 0.6) is 0 Å². The molecule has 0 fully saturated rings. The van der Waals surface area contributed by atoms with Crippen molar-refractivity contribution < 1.29 is 28.6 Å². The second-order valence-corrected chi connectivity index (χ2v) is 23.1. The van der Waals surface area contributed by atoms with Crippen molar-refractivity contribution in [2.24, 2.45) is 0 Å². The van der Waals surface area contributed by atoms with Gasteiger partial charge in [0.15, 0.2) is 6.10 Å². The monoisotopic (exact) mass is 1150 g/mol. The fourth-order valence-corrected chi connectivity index (χ4v) is 9.77. The van der Waals surface area contributed by atoms with E-state index in [1.165, 1.54) is 154 Å². The van der Waals surface area contributed by atoms with Gasteiger partial charge >= 0.3 is 17.9 Å². The third-order valence-corrected chi connectivity index (χ3v) is 15.0. The van der Waals surface area contributed by atoms with Gasteiger partial charge in [-0.25, -0.2) is 0 Å². The summed E-state index contributed by atoms with van der Waals surface area (Å²) in [4.78, 5) is 38.2. The van der Waals surface area contributed by atoms with E-state index in [4.69, 9.17) is 14.2 Å². The molecule has 0 saturated carbocycles. The van der Waals surface area contributed by atoms with E-state index in [1.807, 2.05) is 0 Å². The van der Waals surface area contributed by atoms with Crippen molar-refractivity contribution in [3.05, 3.63) is 122 Å². The van der Waals surface area contributed by atoms with Crippen LogP contribution in [0.3, 0.4) is 0 Å². The van der Waals surface area contributed by atoms with Gasteiger partial charge in [-0.05, 0) is 96.3 Å². The van der Waals surface area contributed by atoms with Gasteiger partial charge in [0, 0.05) is 19.3 Å². The first-order chi connectivity index (χ1) is 41.0. The standard InChI is InChI=1S/C77H130O6/c1-4-7-10-13-16-18-20-22-24-26-28-30-32-33-34-35-36-37-38-39-40-41-42-43-45-46-48-50-52-54-56-58-61-64-67-70-76(79)82-73-74(72-81-75(78)69-66-63-60-15-12-9-6-3)83-77(80)71-68-65-62-59-57-55-53-51-49-47-44-31-29-27-25-23-21-19-17-14-11-8-5-2/h7,10,16,18,22,24,28,30,33-34,36-37,39-40,42-43,46,48,52,54,74H,4-6,8-9,11-15,17,19-21,23,25-27,29,31-32,35,38,41,44-45,47,49-51,53,55-73H2,1-3H3/b10-7-,18-16-,24-22-,30-28-,34-33-,37-36-,40-39-,43-42-,48-46-,54-52-. The third kappa shape index (κ3) is 68.5. The average Bonchev–Trinajstić information content (AvgIpc) is 3.49. The van der Waals surface area contributed by atoms with E-state index in [0.29, 0.717) is 19.3 Å². The number of allylic oxidation sites excluding steroid dienone is 20. The molecule has 0 aliphatic heterocycles. The second kappa shape index (κ2) is 70.3. The lowest BCUT2D eigenvalue weighted by Gasteiger charge is -2.18. The highest BCUT2D eigenvalue weighted by Crippen LogP contribution is 2.17. The zero-order chi connectivity index (χ0) is 59.9. The minimum Gasteiger partial charge on any atom is -0.462 e. The van der Waals surface area contributed by atoms with E-state index in [9.17, 15) is 14.4 Å². The van der Waals surface area contributed by atoms with E-state index in [0.717, 1.165) is 135 Å². The SMILES string of the molecule is CC/C=C\C/C=C\C/C=C\C/C=C\C/C=C\C/C=C\C/C=C\C/C=C\C/C=C\C/C=C\CCCCCCC(=O)OCC(COC(=O)CCCCCCCCC)OC(=O)CCCCCCCCCCCCCCCCCCCCCCCCC. The summed E-state index contributed by atoms with van der Waals surface area (Å²) in [6.45, 7) is 6.49. The largest absolute Gasteiger partial charge is 0.462 e. The summed E-state index contributed by atoms with van der Waals surface area (Å²) in [7, 11) is 0. The molecule has 1 atom stereocenters. The number of esters is 3. The molecule has 6 heteroatoms. The van der Waals surface area contributed by atoms with Crippen molar-refractivity contribution in [3.8, 4) is 0 Å². The van der Waals surface area contributed by atoms with E-state index in [1.54, 1.807) is 0 Å². The van der Waals surface area contributed by atoms with Crippen LogP contribution in [-0.4, -0.2) is 37.2 Å². The molecule has 0 saturated heterocycles. The van der Waals surface area contributed by atoms with E-state index in [2.05, 4.69) is 142 Å². The fourth-order valence-electron chi connectivity index (χ4n) is 9.77. The lowest BCUT2D eigenvalue weighted by Crippen LogP contribution is -2.30. The Bertz CT molecular complexity index is 1700. The molecular formula is C77H130O6. The Morgan fingerprint density at radius 1 is 0.253 bits per heavy atom. The van der Waals surface area contributed by atoms with Crippen LogP contribution >= 0.6 is 0 Å². The lowest BCUT2D eigenvalue weighted by atomic mass is 10.0. The minimum atomic E-state index is -0.787. The highest BCUT2D eigenvalue weighted by atomic mass is 16.6. The first-order valence-corrected chi connectivity index (χ1v) is 35.0. The average molecular weight is 1150 g/mol. The maximum atomic E-state index is 12.9. The van der Waals surface area contributed by atoms with Crippen molar-refractivity contribution in [1.29, 1.82) is 0 Å². The Morgan fingerprint density at radius 2 is 0.470 bits per heavy atom. The van der Waals surface area contributed by atoms with E-state index < -0.39 is 6.10 Å². The smallest absolute Gasteiger partial charge is 0.306 e. The van der Waals surface area contributed by atoms with Gasteiger partial charge in [-0.3, -0.25) is 14.4 Å². The molecule has 0 rings (SSSR count). The van der Waals surface area contributed by atoms with Crippen LogP contribution in [0.15, 0.2) is 122 Å². The van der Waals surface area contributed by atoms with Gasteiger partial charge in [0.1, 0.15) is 13.2 Å². The summed E-state index contributed by atoms with van der Waals surface area (Å²) >= 11 is 0. The van der Waals surface area contributed by atoms with Crippen LogP contribution in [0.25, 0.3) is 0 Å². The molecule has 1 unspecified atom stereocenters. The maximum absolute atomic E-state index is 12.9. The van der Waals surface area contributed by atoms with Crippen LogP contribution < -0.4 is 0 Å². The number of carbonyl (C=O) groups is 3. The molecule has 0 amide bonds. The molecular weight excluding hydrogens is 1020 g/mol. The molecule has 0 aliphatic rings. The van der Waals surface area contributed by atoms with Gasteiger partial charge in [0.05, 0.1) is 0 Å². The maximum Gasteiger partial charge on any atom is 0.306 e. The number of hydrogen-bond acceptors (Lipinski definition) is 6. The summed E-state index contributed by atoms with van der Waals surface area (Å²) in [5.41, 5.74) is 0. The van der Waals surface area contributed by atoms with Gasteiger partial charge < -0.3 is 14.2 Å². The summed E-state index contributed by atoms with van der Waals surface area (Å²) in [6.07, 6.45) is 98.2. The number of unbranched alkanes of at least 4 members (excludes halogenated alkanes) is 32. The first kappa shape index (κ1) is 78.8. The predicted octanol–water partition coefficient (Wildman–Crippen LogP) is 24.3. The topological polar surface area (TPSA) is 78.9 Å². The normalized spacial score (nSPS) is 12.9. The summed E-state index contributed by atoms with van der Waals surface area (Å²) < 4.78 is 16.8. The zero-order valence-electron chi connectivity index (χ0n) is 54.4. The van der Waals surface area contributed by atoms with Gasteiger partial charge in [-0.2, -0.15) is 0 Å². The van der Waals surface area contributed by atoms with Gasteiger partial charge in [-0.15, -0.1) is 0 Å². The Morgan fingerprint density at radius 3 is 0.735 bits per heavy atom. The third-order valence-electron chi connectivity index (χ3n) is 15.0. The van der Waals surface area contributed by atoms with Crippen LogP contribution in [0.1, 0.15) is 329 Å². The first-order valence-electron chi connectivity index (χ1n) is 35.0. The molecule has 0 spiro atoms. The van der Waals surface area contributed by atoms with Crippen molar-refractivity contribution in [1.82, 2.24) is 0 Å². The summed E-state index contributed by atoms with van der Waals surface area (Å²) in [6, 6.07) is 0. The number of hydrogen-bond donors (Lipinski definition) is 0. The Balaban J connectivity index is 4.16. The summed E-state index contributed by atoms with van der Waals surface area (Å²) in [5.74, 6) is -0.906. The van der Waals surface area contributed by atoms with Crippen molar-refractivity contribution >= 4 is 17.9 Å². The lowest BCUT2D eigenvalue weighted by molar-refractivity contribution is -0.167. The van der Waals surface area contributed by atoms with E-state index in [-0.39, 0.29) is 31.1 Å². The molecule has 0 aromatic heterocycles. The Hall–Kier alpha value is -4.19. The van der Waals surface area contributed by atoms with Gasteiger partial charge in [0.25, 0.3) is 0 Å². The Kier molecular flexibility index (Phi) is 66.7. The quantitative estimate of drug-likeness (QED) is 0.0261. The molecule has 0 radical (unpaired) electrons. The highest BCUT2D eigenvalue weighted by molar-refractivity contribution is 5.71. The van der Waals surface area contributed by atoms with Crippen LogP contribution in [0, 0.1) is 0 Å². The molecule has 0 aliphatic carbocycles. The molecule has 0 aromatic carbocycles. The van der Waals surface area contributed by atoms with Gasteiger partial charge in [-0.1, -0.05) is 335 Å². The molecule has 474 valence electrons. The van der Waals surface area contributed by atoms with Crippen LogP contribution in [-0.2, 0) is 28.6 Å². The van der Waals surface area contributed by atoms with Crippen LogP contribution in [0.4, 0.5) is 0 Å². The van der Waals surface area contributed by atoms with Gasteiger partial charge in [0.2, 0.25) is 0 Å². The molecule has 0 bridgehead atoms. The predicted molar refractivity (Wildman–Crippen MR) is 362 cm³/mol. The minimum absolute atomic E-state index is 0.0841. The fraction of sp³-hybridized carbons (Fsp3) is 0.701.